The number of hydrogen-bond donors (Lipinski definition) is 2. The number of nitrogens with one attached hydrogen (secondary N) is 2. The molecule has 2 N–H and O–H groups in total. The van der Waals surface area contributed by atoms with Gasteiger partial charge in [-0.3, -0.25) is 10.1 Å². The average Bonchev–Trinajstić information content (AvgIpc) is 3.29. The Bertz CT molecular complexity index is 1110. The first kappa shape index (κ1) is 20.0. The summed E-state index contributed by atoms with van der Waals surface area (Å²) in [5.41, 5.74) is 3.58. The van der Waals surface area contributed by atoms with Gasteiger partial charge in [-0.2, -0.15) is 0 Å². The van der Waals surface area contributed by atoms with Gasteiger partial charge in [-0.05, 0) is 42.3 Å². The number of halogens is 2. The Morgan fingerprint density at radius 3 is 2.75 bits per heavy atom. The lowest BCUT2D eigenvalue weighted by Crippen LogP contribution is -2.04. The van der Waals surface area contributed by atoms with Gasteiger partial charge in [0, 0.05) is 46.7 Å². The predicted molar refractivity (Wildman–Crippen MR) is 115 cm³/mol. The molecule has 9 heteroatoms. The van der Waals surface area contributed by atoms with Crippen LogP contribution < -0.4 is 5.32 Å². The van der Waals surface area contributed by atoms with Crippen LogP contribution in [0.15, 0.2) is 54.0 Å². The van der Waals surface area contributed by atoms with E-state index in [4.69, 9.17) is 0 Å². The smallest absolute Gasteiger partial charge is 0.269 e. The summed E-state index contributed by atoms with van der Waals surface area (Å²) in [6.07, 6.45) is 2.67. The maximum atomic E-state index is 13.3. The van der Waals surface area contributed by atoms with Crippen LogP contribution in [0.4, 0.5) is 15.2 Å². The van der Waals surface area contributed by atoms with Crippen LogP contribution in [0.2, 0.25) is 0 Å². The van der Waals surface area contributed by atoms with Gasteiger partial charge in [0.15, 0.2) is 5.13 Å². The van der Waals surface area contributed by atoms with Crippen molar-refractivity contribution in [3.05, 3.63) is 75.5 Å². The Hall–Kier alpha value is -2.78. The minimum atomic E-state index is -0.420. The van der Waals surface area contributed by atoms with Crippen LogP contribution in [0, 0.1) is 15.9 Å². The molecule has 0 radical (unpaired) electrons. The predicted octanol–water partition coefficient (Wildman–Crippen LogP) is 5.57. The molecule has 2 heterocycles. The van der Waals surface area contributed by atoms with Crippen molar-refractivity contribution in [3.63, 3.8) is 0 Å². The van der Waals surface area contributed by atoms with Gasteiger partial charge in [0.1, 0.15) is 5.82 Å². The van der Waals surface area contributed by atoms with E-state index < -0.39 is 4.92 Å². The molecule has 0 spiro atoms. The molecule has 0 amide bonds. The Kier molecular flexibility index (Phi) is 6.05. The van der Waals surface area contributed by atoms with Gasteiger partial charge >= 0.3 is 0 Å². The van der Waals surface area contributed by atoms with Crippen LogP contribution in [0.3, 0.4) is 0 Å². The molecule has 0 saturated carbocycles. The Morgan fingerprint density at radius 1 is 1.21 bits per heavy atom. The molecular formula is C19H16BrFN4O2S. The second kappa shape index (κ2) is 8.49. The third-order valence-electron chi connectivity index (χ3n) is 4.28. The largest absolute Gasteiger partial charge is 0.361 e. The van der Waals surface area contributed by atoms with Gasteiger partial charge in [0.05, 0.1) is 10.6 Å². The summed E-state index contributed by atoms with van der Waals surface area (Å²) >= 11 is 1.48. The molecule has 0 bridgehead atoms. The van der Waals surface area contributed by atoms with Crippen molar-refractivity contribution in [3.8, 4) is 11.3 Å². The number of nitrogens with zero attached hydrogens (tertiary/aromatic N) is 2. The van der Waals surface area contributed by atoms with E-state index in [1.54, 1.807) is 18.2 Å². The minimum absolute atomic E-state index is 0. The monoisotopic (exact) mass is 462 g/mol. The molecule has 0 fully saturated rings. The van der Waals surface area contributed by atoms with Crippen molar-refractivity contribution >= 4 is 50.0 Å². The van der Waals surface area contributed by atoms with E-state index in [2.05, 4.69) is 15.3 Å². The topological polar surface area (TPSA) is 83.9 Å². The van der Waals surface area contributed by atoms with Crippen LogP contribution in [0.1, 0.15) is 5.56 Å². The molecular weight excluding hydrogens is 447 g/mol. The quantitative estimate of drug-likeness (QED) is 0.289. The van der Waals surface area contributed by atoms with E-state index in [0.29, 0.717) is 6.54 Å². The van der Waals surface area contributed by atoms with Crippen LogP contribution >= 0.6 is 28.3 Å². The number of anilines is 1. The Morgan fingerprint density at radius 2 is 2.00 bits per heavy atom. The fraction of sp³-hybridized carbons (Fsp3) is 0.105. The van der Waals surface area contributed by atoms with Crippen molar-refractivity contribution in [1.82, 2.24) is 9.97 Å². The van der Waals surface area contributed by atoms with Gasteiger partial charge < -0.3 is 10.3 Å². The van der Waals surface area contributed by atoms with E-state index >= 15 is 0 Å². The highest BCUT2D eigenvalue weighted by Gasteiger charge is 2.09. The summed E-state index contributed by atoms with van der Waals surface area (Å²) in [6.45, 7) is 0.692. The molecule has 0 aliphatic heterocycles. The zero-order chi connectivity index (χ0) is 18.8. The maximum Gasteiger partial charge on any atom is 0.269 e. The maximum absolute atomic E-state index is 13.3. The lowest BCUT2D eigenvalue weighted by Gasteiger charge is -2.02. The molecule has 144 valence electrons. The van der Waals surface area contributed by atoms with Crippen LogP contribution in [-0.4, -0.2) is 21.4 Å². The molecule has 0 unspecified atom stereocenters. The number of benzene rings is 2. The van der Waals surface area contributed by atoms with E-state index in [-0.39, 0.29) is 28.5 Å². The summed E-state index contributed by atoms with van der Waals surface area (Å²) in [5.74, 6) is -0.254. The number of nitro benzene ring substituents is 1. The number of aromatic amines is 1. The van der Waals surface area contributed by atoms with Crippen molar-refractivity contribution in [2.75, 3.05) is 11.9 Å². The molecule has 28 heavy (non-hydrogen) atoms. The van der Waals surface area contributed by atoms with Crippen LogP contribution in [0.25, 0.3) is 22.2 Å². The first-order chi connectivity index (χ1) is 13.1. The van der Waals surface area contributed by atoms with Crippen molar-refractivity contribution in [2.24, 2.45) is 0 Å². The highest BCUT2D eigenvalue weighted by molar-refractivity contribution is 8.93. The number of thiazole rings is 1. The second-order valence-corrected chi connectivity index (χ2v) is 6.88. The van der Waals surface area contributed by atoms with Gasteiger partial charge in [-0.1, -0.05) is 0 Å². The molecule has 4 aromatic rings. The molecule has 0 atom stereocenters. The normalized spacial score (nSPS) is 10.6. The van der Waals surface area contributed by atoms with E-state index in [0.717, 1.165) is 39.3 Å². The van der Waals surface area contributed by atoms with Gasteiger partial charge in [0.2, 0.25) is 0 Å². The zero-order valence-corrected chi connectivity index (χ0v) is 17.0. The van der Waals surface area contributed by atoms with Gasteiger partial charge in [-0.25, -0.2) is 9.37 Å². The summed E-state index contributed by atoms with van der Waals surface area (Å²) < 4.78 is 13.3. The third kappa shape index (κ3) is 4.20. The second-order valence-electron chi connectivity index (χ2n) is 6.02. The van der Waals surface area contributed by atoms with Crippen LogP contribution in [-0.2, 0) is 6.42 Å². The lowest BCUT2D eigenvalue weighted by molar-refractivity contribution is -0.384. The summed E-state index contributed by atoms with van der Waals surface area (Å²) in [7, 11) is 0. The molecule has 0 aliphatic rings. The van der Waals surface area contributed by atoms with E-state index in [1.165, 1.54) is 35.6 Å². The number of aromatic nitrogens is 2. The molecule has 0 aliphatic carbocycles. The minimum Gasteiger partial charge on any atom is -0.361 e. The Balaban J connectivity index is 0.00000225. The van der Waals surface area contributed by atoms with E-state index in [9.17, 15) is 14.5 Å². The number of rotatable bonds is 6. The number of non-ortho nitro benzene ring substituents is 1. The number of fused-ring (bicyclic) bond motifs is 1. The molecule has 2 aromatic carbocycles. The highest BCUT2D eigenvalue weighted by Crippen LogP contribution is 2.26. The molecule has 4 rings (SSSR count). The standard InChI is InChI=1S/C19H15FN4O2S.BrH/c20-14-3-6-16-13(10-22-17(16)9-14)7-8-21-19-23-18(11-27-19)12-1-4-15(5-2-12)24(25)26;/h1-6,9-11,22H,7-8H2,(H,21,23);1H. The summed E-state index contributed by atoms with van der Waals surface area (Å²) in [4.78, 5) is 17.9. The number of H-pyrrole nitrogens is 1. The first-order valence-corrected chi connectivity index (χ1v) is 9.18. The lowest BCUT2D eigenvalue weighted by atomic mass is 10.1. The summed E-state index contributed by atoms with van der Waals surface area (Å²) in [6, 6.07) is 11.1. The van der Waals surface area contributed by atoms with E-state index in [1.807, 2.05) is 11.6 Å². The molecule has 6 nitrogen and oxygen atoms in total. The van der Waals surface area contributed by atoms with Crippen molar-refractivity contribution in [2.45, 2.75) is 6.42 Å². The van der Waals surface area contributed by atoms with Gasteiger partial charge in [0.25, 0.3) is 5.69 Å². The fourth-order valence-corrected chi connectivity index (χ4v) is 3.66. The van der Waals surface area contributed by atoms with Crippen LogP contribution in [0.5, 0.6) is 0 Å². The Labute approximate surface area is 174 Å². The molecule has 0 saturated heterocycles. The third-order valence-corrected chi connectivity index (χ3v) is 5.08. The number of hydrogen-bond acceptors (Lipinski definition) is 5. The zero-order valence-electron chi connectivity index (χ0n) is 14.5. The average molecular weight is 463 g/mol. The SMILES string of the molecule is Br.O=[N+]([O-])c1ccc(-c2csc(NCCc3c[nH]c4cc(F)ccc34)n2)cc1. The fourth-order valence-electron chi connectivity index (χ4n) is 2.91. The number of nitro groups is 1. The highest BCUT2D eigenvalue weighted by atomic mass is 79.9. The van der Waals surface area contributed by atoms with Crippen molar-refractivity contribution in [1.29, 1.82) is 0 Å². The molecule has 2 aromatic heterocycles. The van der Waals surface area contributed by atoms with Crippen molar-refractivity contribution < 1.29 is 9.31 Å². The van der Waals surface area contributed by atoms with Gasteiger partial charge in [-0.15, -0.1) is 28.3 Å². The first-order valence-electron chi connectivity index (χ1n) is 8.30. The summed E-state index contributed by atoms with van der Waals surface area (Å²) in [5, 5.41) is 17.7.